The summed E-state index contributed by atoms with van der Waals surface area (Å²) in [6, 6.07) is 10.0. The van der Waals surface area contributed by atoms with E-state index in [1.807, 2.05) is 6.07 Å². The first-order valence-corrected chi connectivity index (χ1v) is 12.1. The van der Waals surface area contributed by atoms with E-state index in [1.165, 1.54) is 6.20 Å². The van der Waals surface area contributed by atoms with Gasteiger partial charge in [0.05, 0.1) is 37.4 Å². The number of sulfone groups is 1. The average Bonchev–Trinajstić information content (AvgIpc) is 2.82. The number of methoxy groups -OCH3 is 3. The van der Waals surface area contributed by atoms with Gasteiger partial charge in [-0.1, -0.05) is 6.92 Å². The monoisotopic (exact) mass is 456 g/mol. The topological polar surface area (TPSA) is 78.0 Å². The molecule has 1 aromatic heterocycles. The van der Waals surface area contributed by atoms with Crippen molar-refractivity contribution in [3.05, 3.63) is 42.6 Å². The third-order valence-corrected chi connectivity index (χ3v) is 7.71. The molecule has 0 amide bonds. The van der Waals surface area contributed by atoms with Gasteiger partial charge in [-0.05, 0) is 49.1 Å². The van der Waals surface area contributed by atoms with Crippen LogP contribution in [0.3, 0.4) is 0 Å². The van der Waals surface area contributed by atoms with E-state index in [9.17, 15) is 8.42 Å². The maximum Gasteiger partial charge on any atom is 0.210 e. The quantitative estimate of drug-likeness (QED) is 0.546. The molecule has 1 aliphatic rings. The Labute approximate surface area is 188 Å². The zero-order valence-electron chi connectivity index (χ0n) is 18.8. The largest absolute Gasteiger partial charge is 0.497 e. The summed E-state index contributed by atoms with van der Waals surface area (Å²) in [6.07, 6.45) is 3.58. The van der Waals surface area contributed by atoms with Crippen LogP contribution in [-0.2, 0) is 9.84 Å². The minimum atomic E-state index is -3.82. The zero-order chi connectivity index (χ0) is 22.9. The highest BCUT2D eigenvalue weighted by Crippen LogP contribution is 2.41. The molecule has 2 aromatic carbocycles. The van der Waals surface area contributed by atoms with Gasteiger partial charge in [-0.3, -0.25) is 4.98 Å². The lowest BCUT2D eigenvalue weighted by Gasteiger charge is -2.34. The number of benzene rings is 2. The van der Waals surface area contributed by atoms with Gasteiger partial charge in [-0.25, -0.2) is 8.42 Å². The highest BCUT2D eigenvalue weighted by molar-refractivity contribution is 7.91. The van der Waals surface area contributed by atoms with Crippen molar-refractivity contribution in [3.8, 4) is 17.2 Å². The minimum absolute atomic E-state index is 0.191. The van der Waals surface area contributed by atoms with Crippen LogP contribution in [0.1, 0.15) is 19.8 Å². The molecule has 1 aliphatic heterocycles. The summed E-state index contributed by atoms with van der Waals surface area (Å²) < 4.78 is 43.6. The van der Waals surface area contributed by atoms with Gasteiger partial charge >= 0.3 is 0 Å². The van der Waals surface area contributed by atoms with Crippen molar-refractivity contribution in [2.24, 2.45) is 5.92 Å². The highest BCUT2D eigenvalue weighted by Gasteiger charge is 2.29. The molecule has 8 heteroatoms. The first-order valence-electron chi connectivity index (χ1n) is 10.6. The summed E-state index contributed by atoms with van der Waals surface area (Å²) >= 11 is 0. The second-order valence-electron chi connectivity index (χ2n) is 8.07. The van der Waals surface area contributed by atoms with Crippen molar-refractivity contribution in [1.29, 1.82) is 0 Å². The van der Waals surface area contributed by atoms with Crippen LogP contribution < -0.4 is 19.1 Å². The van der Waals surface area contributed by atoms with E-state index in [-0.39, 0.29) is 9.79 Å². The van der Waals surface area contributed by atoms with Crippen LogP contribution in [0, 0.1) is 5.92 Å². The van der Waals surface area contributed by atoms with Crippen LogP contribution in [0.2, 0.25) is 0 Å². The van der Waals surface area contributed by atoms with E-state index >= 15 is 0 Å². The Morgan fingerprint density at radius 3 is 2.31 bits per heavy atom. The second-order valence-corrected chi connectivity index (χ2v) is 9.99. The molecule has 0 N–H and O–H groups in total. The molecule has 0 unspecified atom stereocenters. The third-order valence-electron chi connectivity index (χ3n) is 5.94. The van der Waals surface area contributed by atoms with Crippen LogP contribution in [0.25, 0.3) is 10.9 Å². The van der Waals surface area contributed by atoms with Gasteiger partial charge in [0.1, 0.15) is 10.6 Å². The zero-order valence-corrected chi connectivity index (χ0v) is 19.6. The number of nitrogens with zero attached hydrogens (tertiary/aromatic N) is 2. The summed E-state index contributed by atoms with van der Waals surface area (Å²) in [5, 5.41) is 0.728. The van der Waals surface area contributed by atoms with Crippen molar-refractivity contribution in [1.82, 2.24) is 4.98 Å². The molecule has 32 heavy (non-hydrogen) atoms. The Balaban J connectivity index is 1.97. The van der Waals surface area contributed by atoms with E-state index in [0.717, 1.165) is 31.3 Å². The molecule has 1 saturated heterocycles. The van der Waals surface area contributed by atoms with Crippen molar-refractivity contribution >= 4 is 26.4 Å². The predicted molar refractivity (Wildman–Crippen MR) is 124 cm³/mol. The molecule has 0 aliphatic carbocycles. The predicted octanol–water partition coefficient (Wildman–Crippen LogP) is 4.33. The summed E-state index contributed by atoms with van der Waals surface area (Å²) in [7, 11) is 0.866. The Bertz CT molecular complexity index is 1230. The molecule has 0 saturated carbocycles. The molecule has 0 radical (unpaired) electrons. The number of hydrogen-bond donors (Lipinski definition) is 0. The number of fused-ring (bicyclic) bond motifs is 1. The van der Waals surface area contributed by atoms with Gasteiger partial charge in [0.2, 0.25) is 9.84 Å². The Morgan fingerprint density at radius 2 is 1.69 bits per heavy atom. The molecule has 0 spiro atoms. The molecule has 1 atom stereocenters. The van der Waals surface area contributed by atoms with Gasteiger partial charge in [-0.15, -0.1) is 0 Å². The van der Waals surface area contributed by atoms with Crippen molar-refractivity contribution < 1.29 is 22.6 Å². The summed E-state index contributed by atoms with van der Waals surface area (Å²) in [5.41, 5.74) is 1.32. The smallest absolute Gasteiger partial charge is 0.210 e. The first-order chi connectivity index (χ1) is 15.4. The van der Waals surface area contributed by atoms with Crippen LogP contribution in [0.4, 0.5) is 5.69 Å². The highest BCUT2D eigenvalue weighted by atomic mass is 32.2. The third kappa shape index (κ3) is 3.95. The van der Waals surface area contributed by atoms with Crippen LogP contribution in [0.5, 0.6) is 17.2 Å². The minimum Gasteiger partial charge on any atom is -0.497 e. The van der Waals surface area contributed by atoms with E-state index < -0.39 is 9.84 Å². The number of ether oxygens (including phenoxy) is 3. The first kappa shape index (κ1) is 22.2. The van der Waals surface area contributed by atoms with Crippen molar-refractivity contribution in [2.75, 3.05) is 39.3 Å². The van der Waals surface area contributed by atoms with Crippen LogP contribution in [0.15, 0.2) is 52.4 Å². The molecule has 2 heterocycles. The lowest BCUT2D eigenvalue weighted by Crippen LogP contribution is -2.35. The number of rotatable bonds is 6. The van der Waals surface area contributed by atoms with E-state index in [2.05, 4.69) is 16.8 Å². The molecule has 0 bridgehead atoms. The van der Waals surface area contributed by atoms with Crippen LogP contribution >= 0.6 is 0 Å². The fraction of sp³-hybridized carbons (Fsp3) is 0.375. The Hall–Kier alpha value is -3.00. The maximum absolute atomic E-state index is 13.7. The molecule has 3 aromatic rings. The number of pyridine rings is 1. The summed E-state index contributed by atoms with van der Waals surface area (Å²) in [6.45, 7) is 3.75. The Morgan fingerprint density at radius 1 is 1.00 bits per heavy atom. The average molecular weight is 457 g/mol. The number of anilines is 1. The standard InChI is InChI=1S/C24H28N2O5S/c1-16-6-5-11-26(15-16)24-19-12-21(30-3)22(31-4)13-20(19)25-14-23(24)32(27,28)18-9-7-17(29-2)8-10-18/h7-10,12-14,16H,5-6,11,15H2,1-4H3/t16-/m1/s1. The van der Waals surface area contributed by atoms with E-state index in [0.29, 0.717) is 34.4 Å². The lowest BCUT2D eigenvalue weighted by atomic mass is 9.99. The molecule has 1 fully saturated rings. The SMILES string of the molecule is COc1ccc(S(=O)(=O)c2cnc3cc(OC)c(OC)cc3c2N2CCC[C@@H](C)C2)cc1. The van der Waals surface area contributed by atoms with Gasteiger partial charge in [0.25, 0.3) is 0 Å². The van der Waals surface area contributed by atoms with Gasteiger partial charge in [-0.2, -0.15) is 0 Å². The summed E-state index contributed by atoms with van der Waals surface area (Å²) in [5.74, 6) is 2.15. The van der Waals surface area contributed by atoms with E-state index in [1.54, 1.807) is 51.7 Å². The fourth-order valence-corrected chi connectivity index (χ4v) is 5.72. The lowest BCUT2D eigenvalue weighted by molar-refractivity contribution is 0.355. The van der Waals surface area contributed by atoms with Crippen molar-refractivity contribution in [2.45, 2.75) is 29.6 Å². The number of hydrogen-bond acceptors (Lipinski definition) is 7. The number of piperidine rings is 1. The van der Waals surface area contributed by atoms with Crippen LogP contribution in [-0.4, -0.2) is 47.8 Å². The normalized spacial score (nSPS) is 16.8. The molecule has 7 nitrogen and oxygen atoms in total. The fourth-order valence-electron chi connectivity index (χ4n) is 4.28. The van der Waals surface area contributed by atoms with Gasteiger partial charge < -0.3 is 19.1 Å². The molecule has 170 valence electrons. The number of aromatic nitrogens is 1. The van der Waals surface area contributed by atoms with E-state index in [4.69, 9.17) is 14.2 Å². The summed E-state index contributed by atoms with van der Waals surface area (Å²) in [4.78, 5) is 7.06. The second kappa shape index (κ2) is 8.86. The van der Waals surface area contributed by atoms with Crippen molar-refractivity contribution in [3.63, 3.8) is 0 Å². The van der Waals surface area contributed by atoms with Gasteiger partial charge in [0.15, 0.2) is 11.5 Å². The maximum atomic E-state index is 13.7. The molecule has 4 rings (SSSR count). The molecular weight excluding hydrogens is 428 g/mol. The van der Waals surface area contributed by atoms with Gasteiger partial charge in [0, 0.05) is 30.7 Å². The Kier molecular flexibility index (Phi) is 6.15. The molecular formula is C24H28N2O5S.